The van der Waals surface area contributed by atoms with E-state index in [0.717, 1.165) is 16.7 Å². The molecule has 0 saturated carbocycles. The molecule has 0 bridgehead atoms. The summed E-state index contributed by atoms with van der Waals surface area (Å²) in [5, 5.41) is 7.40. The fourth-order valence-electron chi connectivity index (χ4n) is 2.76. The van der Waals surface area contributed by atoms with Gasteiger partial charge in [0.2, 0.25) is 15.0 Å². The zero-order valence-electron chi connectivity index (χ0n) is 15.2. The lowest BCUT2D eigenvalue weighted by atomic mass is 10.2. The van der Waals surface area contributed by atoms with Gasteiger partial charge in [-0.25, -0.2) is 22.0 Å². The number of hydrogen-bond acceptors (Lipinski definition) is 5. The van der Waals surface area contributed by atoms with Gasteiger partial charge in [-0.3, -0.25) is 0 Å². The van der Waals surface area contributed by atoms with E-state index in [9.17, 15) is 12.8 Å². The van der Waals surface area contributed by atoms with Crippen molar-refractivity contribution in [3.8, 4) is 11.4 Å². The number of nitrogens with one attached hydrogen (secondary N) is 1. The Bertz CT molecular complexity index is 1260. The summed E-state index contributed by atoms with van der Waals surface area (Å²) < 4.78 is 42.4. The Morgan fingerprint density at radius 3 is 2.66 bits per heavy atom. The van der Waals surface area contributed by atoms with E-state index in [1.807, 2.05) is 35.7 Å². The van der Waals surface area contributed by atoms with E-state index >= 15 is 0 Å². The van der Waals surface area contributed by atoms with Crippen LogP contribution in [-0.4, -0.2) is 29.6 Å². The van der Waals surface area contributed by atoms with Gasteiger partial charge in [0.25, 0.3) is 0 Å². The van der Waals surface area contributed by atoms with Crippen LogP contribution in [0, 0.1) is 5.82 Å². The molecule has 2 aromatic carbocycles. The van der Waals surface area contributed by atoms with Gasteiger partial charge in [0.15, 0.2) is 5.82 Å². The third-order valence-electron chi connectivity index (χ3n) is 4.19. The monoisotopic (exact) mass is 428 g/mol. The largest absolute Gasteiger partial charge is 0.233 e. The Morgan fingerprint density at radius 1 is 1.10 bits per heavy atom. The summed E-state index contributed by atoms with van der Waals surface area (Å²) in [4.78, 5) is 4.99. The molecule has 0 atom stereocenters. The lowest BCUT2D eigenvalue weighted by Crippen LogP contribution is -2.24. The van der Waals surface area contributed by atoms with Crippen molar-refractivity contribution in [2.24, 2.45) is 0 Å². The van der Waals surface area contributed by atoms with Crippen LogP contribution >= 0.6 is 11.3 Å². The Labute approximate surface area is 171 Å². The highest BCUT2D eigenvalue weighted by molar-refractivity contribution is 7.92. The molecule has 4 rings (SSSR count). The molecule has 29 heavy (non-hydrogen) atoms. The van der Waals surface area contributed by atoms with Crippen LogP contribution in [0.5, 0.6) is 0 Å². The lowest BCUT2D eigenvalue weighted by Gasteiger charge is -2.02. The van der Waals surface area contributed by atoms with E-state index in [-0.39, 0.29) is 12.4 Å². The number of nitrogens with zero attached hydrogens (tertiary/aromatic N) is 3. The molecule has 0 spiro atoms. The molecule has 0 fully saturated rings. The molecule has 0 aliphatic heterocycles. The molecule has 0 saturated heterocycles. The van der Waals surface area contributed by atoms with Crippen LogP contribution in [0.4, 0.5) is 4.39 Å². The number of fused-ring (bicyclic) bond motifs is 1. The van der Waals surface area contributed by atoms with Gasteiger partial charge in [0.05, 0.1) is 11.3 Å². The van der Waals surface area contributed by atoms with E-state index in [1.165, 1.54) is 17.4 Å². The Balaban J connectivity index is 1.43. The normalized spacial score (nSPS) is 12.2. The summed E-state index contributed by atoms with van der Waals surface area (Å²) in [7, 11) is -3.55. The minimum absolute atomic E-state index is 0.211. The standard InChI is InChI=1S/C20H17FN4O2S2/c21-18-9-5-4-8-17(18)19-23-20-25(24-19)16(14-28-20)10-12-22-29(26,27)13-11-15-6-2-1-3-7-15/h1-9,11,13-14,22H,10,12H2. The predicted molar refractivity (Wildman–Crippen MR) is 112 cm³/mol. The number of rotatable bonds is 7. The Hall–Kier alpha value is -2.88. The van der Waals surface area contributed by atoms with Gasteiger partial charge in [-0.15, -0.1) is 16.4 Å². The SMILES string of the molecule is O=S(=O)(C=Cc1ccccc1)NCCc1csc2nc(-c3ccccc3F)nn12. The third-order valence-corrected chi connectivity index (χ3v) is 6.15. The summed E-state index contributed by atoms with van der Waals surface area (Å²) in [6.07, 6.45) is 1.97. The zero-order chi connectivity index (χ0) is 20.3. The minimum Gasteiger partial charge on any atom is -0.211 e. The van der Waals surface area contributed by atoms with E-state index in [4.69, 9.17) is 0 Å². The first-order valence-electron chi connectivity index (χ1n) is 8.83. The molecule has 0 aliphatic rings. The topological polar surface area (TPSA) is 76.4 Å². The van der Waals surface area contributed by atoms with Gasteiger partial charge in [-0.1, -0.05) is 42.5 Å². The zero-order valence-corrected chi connectivity index (χ0v) is 16.8. The van der Waals surface area contributed by atoms with Gasteiger partial charge < -0.3 is 0 Å². The fraction of sp³-hybridized carbons (Fsp3) is 0.100. The second-order valence-electron chi connectivity index (χ2n) is 6.24. The van der Waals surface area contributed by atoms with Gasteiger partial charge in [0, 0.05) is 23.8 Å². The van der Waals surface area contributed by atoms with Crippen molar-refractivity contribution < 1.29 is 12.8 Å². The maximum atomic E-state index is 14.0. The maximum absolute atomic E-state index is 14.0. The van der Waals surface area contributed by atoms with Crippen molar-refractivity contribution in [3.05, 3.63) is 82.5 Å². The second kappa shape index (κ2) is 8.24. The summed E-state index contributed by atoms with van der Waals surface area (Å²) in [5.41, 5.74) is 1.94. The maximum Gasteiger partial charge on any atom is 0.233 e. The first-order valence-corrected chi connectivity index (χ1v) is 11.3. The molecule has 148 valence electrons. The van der Waals surface area contributed by atoms with Crippen molar-refractivity contribution in [1.29, 1.82) is 0 Å². The van der Waals surface area contributed by atoms with Crippen molar-refractivity contribution in [3.63, 3.8) is 0 Å². The quantitative estimate of drug-likeness (QED) is 0.487. The highest BCUT2D eigenvalue weighted by Gasteiger charge is 2.14. The molecule has 0 unspecified atom stereocenters. The highest BCUT2D eigenvalue weighted by Crippen LogP contribution is 2.23. The molecule has 0 aliphatic carbocycles. The molecule has 6 nitrogen and oxygen atoms in total. The summed E-state index contributed by atoms with van der Waals surface area (Å²) in [6.45, 7) is 0.211. The van der Waals surface area contributed by atoms with Crippen LogP contribution in [-0.2, 0) is 16.4 Å². The average Bonchev–Trinajstić information content (AvgIpc) is 3.29. The molecule has 1 N–H and O–H groups in total. The number of sulfonamides is 1. The van der Waals surface area contributed by atoms with Crippen molar-refractivity contribution in [2.45, 2.75) is 6.42 Å². The Morgan fingerprint density at radius 2 is 1.86 bits per heavy atom. The number of benzene rings is 2. The van der Waals surface area contributed by atoms with Crippen LogP contribution < -0.4 is 4.72 Å². The number of hydrogen-bond donors (Lipinski definition) is 1. The Kier molecular flexibility index (Phi) is 5.52. The minimum atomic E-state index is -3.55. The lowest BCUT2D eigenvalue weighted by molar-refractivity contribution is 0.590. The number of thiazole rings is 1. The van der Waals surface area contributed by atoms with Crippen LogP contribution in [0.15, 0.2) is 65.4 Å². The first-order chi connectivity index (χ1) is 14.0. The van der Waals surface area contributed by atoms with Gasteiger partial charge in [-0.2, -0.15) is 4.98 Å². The highest BCUT2D eigenvalue weighted by atomic mass is 32.2. The molecular formula is C20H17FN4O2S2. The second-order valence-corrected chi connectivity index (χ2v) is 8.73. The van der Waals surface area contributed by atoms with Gasteiger partial charge in [0.1, 0.15) is 5.82 Å². The molecule has 9 heteroatoms. The third kappa shape index (κ3) is 4.58. The van der Waals surface area contributed by atoms with Crippen molar-refractivity contribution in [1.82, 2.24) is 19.3 Å². The van der Waals surface area contributed by atoms with E-state index in [1.54, 1.807) is 28.8 Å². The summed E-state index contributed by atoms with van der Waals surface area (Å²) in [6, 6.07) is 15.5. The fourth-order valence-corrected chi connectivity index (χ4v) is 4.43. The molecule has 0 amide bonds. The van der Waals surface area contributed by atoms with Crippen LogP contribution in [0.3, 0.4) is 0 Å². The molecule has 4 aromatic rings. The predicted octanol–water partition coefficient (Wildman–Crippen LogP) is 3.73. The molecule has 2 aromatic heterocycles. The van der Waals surface area contributed by atoms with E-state index in [2.05, 4.69) is 14.8 Å². The van der Waals surface area contributed by atoms with Crippen LogP contribution in [0.2, 0.25) is 0 Å². The van der Waals surface area contributed by atoms with Crippen LogP contribution in [0.25, 0.3) is 22.4 Å². The average molecular weight is 429 g/mol. The summed E-state index contributed by atoms with van der Waals surface area (Å²) in [5.74, 6) is -0.0761. The van der Waals surface area contributed by atoms with E-state index in [0.29, 0.717) is 22.8 Å². The number of halogens is 1. The van der Waals surface area contributed by atoms with E-state index < -0.39 is 10.0 Å². The van der Waals surface area contributed by atoms with Crippen molar-refractivity contribution in [2.75, 3.05) is 6.54 Å². The smallest absolute Gasteiger partial charge is 0.211 e. The van der Waals surface area contributed by atoms with Crippen LogP contribution in [0.1, 0.15) is 11.3 Å². The molecule has 2 heterocycles. The number of aromatic nitrogens is 3. The summed E-state index contributed by atoms with van der Waals surface area (Å²) >= 11 is 1.38. The van der Waals surface area contributed by atoms with Gasteiger partial charge in [-0.05, 0) is 23.8 Å². The molecular weight excluding hydrogens is 411 g/mol. The van der Waals surface area contributed by atoms with Gasteiger partial charge >= 0.3 is 0 Å². The first kappa shape index (κ1) is 19.4. The van der Waals surface area contributed by atoms with Crippen molar-refractivity contribution >= 4 is 32.4 Å². The molecule has 0 radical (unpaired) electrons.